The highest BCUT2D eigenvalue weighted by Crippen LogP contribution is 2.32. The Bertz CT molecular complexity index is 726. The number of benzene rings is 2. The molecule has 1 aliphatic heterocycles. The predicted molar refractivity (Wildman–Crippen MR) is 82.5 cm³/mol. The summed E-state index contributed by atoms with van der Waals surface area (Å²) in [6.07, 6.45) is 1.85. The third kappa shape index (κ3) is 2.72. The van der Waals surface area contributed by atoms with Gasteiger partial charge in [-0.05, 0) is 28.8 Å². The minimum absolute atomic E-state index is 0.0913. The Balaban J connectivity index is 1.91. The Morgan fingerprint density at radius 3 is 2.55 bits per heavy atom. The second-order valence-corrected chi connectivity index (χ2v) is 5.59. The van der Waals surface area contributed by atoms with Crippen molar-refractivity contribution < 1.29 is 8.42 Å². The molecule has 5 heteroatoms. The van der Waals surface area contributed by atoms with Gasteiger partial charge in [0.2, 0.25) is 0 Å². The van der Waals surface area contributed by atoms with Crippen molar-refractivity contribution in [3.8, 4) is 11.1 Å². The van der Waals surface area contributed by atoms with Crippen molar-refractivity contribution in [3.05, 3.63) is 48.0 Å². The first-order valence-corrected chi connectivity index (χ1v) is 7.70. The van der Waals surface area contributed by atoms with Crippen molar-refractivity contribution in [2.45, 2.75) is 5.75 Å². The molecule has 0 atom stereocenters. The minimum Gasteiger partial charge on any atom is -0.378 e. The lowest BCUT2D eigenvalue weighted by Crippen LogP contribution is -2.06. The Hall–Kier alpha value is -2.14. The third-order valence-corrected chi connectivity index (χ3v) is 3.83. The van der Waals surface area contributed by atoms with E-state index in [1.807, 2.05) is 48.7 Å². The van der Waals surface area contributed by atoms with Crippen LogP contribution in [0.5, 0.6) is 0 Å². The molecular formula is C15H14N2O2S. The summed E-state index contributed by atoms with van der Waals surface area (Å²) in [6, 6.07) is 13.7. The van der Waals surface area contributed by atoms with Gasteiger partial charge in [-0.25, -0.2) is 8.42 Å². The molecular weight excluding hydrogens is 272 g/mol. The quantitative estimate of drug-likeness (QED) is 0.853. The molecule has 0 radical (unpaired) electrons. The number of hydrogen-bond acceptors (Lipinski definition) is 4. The zero-order valence-corrected chi connectivity index (χ0v) is 11.6. The number of aliphatic imine (C=N–C) groups is 1. The van der Waals surface area contributed by atoms with Gasteiger partial charge < -0.3 is 5.32 Å². The van der Waals surface area contributed by atoms with Crippen LogP contribution >= 0.6 is 0 Å². The molecule has 0 aromatic heterocycles. The molecule has 2 aromatic carbocycles. The maximum atomic E-state index is 10.7. The van der Waals surface area contributed by atoms with Crippen LogP contribution in [0.25, 0.3) is 11.1 Å². The standard InChI is InChI=1S/C15H14N2O2S/c18-20(19)10-11-1-3-12(4-2-11)13-5-6-14-15(9-13)17-8-7-16-14/h1-6,8-9,16,20H,7,10H2. The van der Waals surface area contributed by atoms with E-state index in [9.17, 15) is 8.42 Å². The molecule has 102 valence electrons. The van der Waals surface area contributed by atoms with Gasteiger partial charge in [0.05, 0.1) is 23.7 Å². The fraction of sp³-hybridized carbons (Fsp3) is 0.133. The highest BCUT2D eigenvalue weighted by Gasteiger charge is 2.07. The molecule has 1 aliphatic rings. The maximum Gasteiger partial charge on any atom is 0.144 e. The molecule has 0 saturated carbocycles. The molecule has 0 bridgehead atoms. The van der Waals surface area contributed by atoms with Gasteiger partial charge in [-0.3, -0.25) is 4.99 Å². The second kappa shape index (κ2) is 5.46. The van der Waals surface area contributed by atoms with Crippen LogP contribution in [0, 0.1) is 0 Å². The largest absolute Gasteiger partial charge is 0.378 e. The Labute approximate surface area is 119 Å². The molecule has 2 aromatic rings. The summed E-state index contributed by atoms with van der Waals surface area (Å²) >= 11 is 0. The lowest BCUT2D eigenvalue weighted by Gasteiger charge is -2.13. The normalized spacial score (nSPS) is 13.1. The van der Waals surface area contributed by atoms with Crippen molar-refractivity contribution in [1.29, 1.82) is 0 Å². The number of thiol groups is 1. The molecule has 4 nitrogen and oxygen atoms in total. The van der Waals surface area contributed by atoms with E-state index >= 15 is 0 Å². The van der Waals surface area contributed by atoms with Crippen LogP contribution in [-0.4, -0.2) is 21.2 Å². The molecule has 1 heterocycles. The number of nitrogens with one attached hydrogen (secondary N) is 1. The fourth-order valence-corrected chi connectivity index (χ4v) is 2.73. The minimum atomic E-state index is -2.37. The smallest absolute Gasteiger partial charge is 0.144 e. The number of fused-ring (bicyclic) bond motifs is 1. The van der Waals surface area contributed by atoms with Crippen LogP contribution in [-0.2, 0) is 16.5 Å². The van der Waals surface area contributed by atoms with Gasteiger partial charge in [0, 0.05) is 6.21 Å². The molecule has 20 heavy (non-hydrogen) atoms. The van der Waals surface area contributed by atoms with Crippen molar-refractivity contribution in [2.24, 2.45) is 4.99 Å². The van der Waals surface area contributed by atoms with Crippen LogP contribution in [0.2, 0.25) is 0 Å². The van der Waals surface area contributed by atoms with Gasteiger partial charge >= 0.3 is 0 Å². The van der Waals surface area contributed by atoms with Gasteiger partial charge in [0.25, 0.3) is 0 Å². The zero-order valence-electron chi connectivity index (χ0n) is 10.7. The van der Waals surface area contributed by atoms with Crippen molar-refractivity contribution in [1.82, 2.24) is 0 Å². The van der Waals surface area contributed by atoms with E-state index in [0.29, 0.717) is 0 Å². The summed E-state index contributed by atoms with van der Waals surface area (Å²) in [6.45, 7) is 0.758. The number of anilines is 1. The van der Waals surface area contributed by atoms with Gasteiger partial charge in [0.1, 0.15) is 10.7 Å². The second-order valence-electron chi connectivity index (χ2n) is 4.61. The zero-order chi connectivity index (χ0) is 13.9. The molecule has 0 amide bonds. The molecule has 0 aliphatic carbocycles. The monoisotopic (exact) mass is 286 g/mol. The third-order valence-electron chi connectivity index (χ3n) is 3.21. The van der Waals surface area contributed by atoms with Crippen molar-refractivity contribution >= 4 is 28.3 Å². The van der Waals surface area contributed by atoms with E-state index in [2.05, 4.69) is 10.3 Å². The van der Waals surface area contributed by atoms with E-state index in [0.717, 1.165) is 34.6 Å². The average molecular weight is 286 g/mol. The fourth-order valence-electron chi connectivity index (χ4n) is 2.22. The van der Waals surface area contributed by atoms with Crippen molar-refractivity contribution in [2.75, 3.05) is 11.9 Å². The maximum absolute atomic E-state index is 10.7. The van der Waals surface area contributed by atoms with E-state index < -0.39 is 10.7 Å². The Morgan fingerprint density at radius 2 is 1.80 bits per heavy atom. The van der Waals surface area contributed by atoms with Gasteiger partial charge in [-0.15, -0.1) is 0 Å². The van der Waals surface area contributed by atoms with E-state index in [1.54, 1.807) is 0 Å². The van der Waals surface area contributed by atoms with Gasteiger partial charge in [0.15, 0.2) is 0 Å². The SMILES string of the molecule is O=[SH](=O)Cc1ccc(-c2ccc3c(c2)N=CCN3)cc1. The molecule has 0 fully saturated rings. The molecule has 0 unspecified atom stereocenters. The summed E-state index contributed by atoms with van der Waals surface area (Å²) < 4.78 is 21.4. The molecule has 0 spiro atoms. The first kappa shape index (κ1) is 12.9. The average Bonchev–Trinajstić information content (AvgIpc) is 2.47. The lowest BCUT2D eigenvalue weighted by atomic mass is 10.0. The summed E-state index contributed by atoms with van der Waals surface area (Å²) in [5, 5.41) is 3.26. The summed E-state index contributed by atoms with van der Waals surface area (Å²) in [5.41, 5.74) is 4.90. The molecule has 0 saturated heterocycles. The van der Waals surface area contributed by atoms with Crippen LogP contribution in [0.4, 0.5) is 11.4 Å². The van der Waals surface area contributed by atoms with Gasteiger partial charge in [-0.1, -0.05) is 30.3 Å². The van der Waals surface area contributed by atoms with E-state index in [4.69, 9.17) is 0 Å². The lowest BCUT2D eigenvalue weighted by molar-refractivity contribution is 0.614. The molecule has 3 rings (SSSR count). The van der Waals surface area contributed by atoms with Gasteiger partial charge in [-0.2, -0.15) is 0 Å². The highest BCUT2D eigenvalue weighted by atomic mass is 32.2. The van der Waals surface area contributed by atoms with E-state index in [1.165, 1.54) is 0 Å². The van der Waals surface area contributed by atoms with Crippen LogP contribution < -0.4 is 5.32 Å². The highest BCUT2D eigenvalue weighted by molar-refractivity contribution is 7.71. The van der Waals surface area contributed by atoms with Crippen LogP contribution in [0.15, 0.2) is 47.5 Å². The number of rotatable bonds is 3. The first-order valence-electron chi connectivity index (χ1n) is 6.34. The van der Waals surface area contributed by atoms with E-state index in [-0.39, 0.29) is 5.75 Å². The van der Waals surface area contributed by atoms with Crippen LogP contribution in [0.1, 0.15) is 5.56 Å². The predicted octanol–water partition coefficient (Wildman–Crippen LogP) is 2.59. The van der Waals surface area contributed by atoms with Crippen LogP contribution in [0.3, 0.4) is 0 Å². The number of hydrogen-bond donors (Lipinski definition) is 2. The molecule has 1 N–H and O–H groups in total. The van der Waals surface area contributed by atoms with Crippen molar-refractivity contribution in [3.63, 3.8) is 0 Å². The Morgan fingerprint density at radius 1 is 1.05 bits per heavy atom. The number of nitrogens with zero attached hydrogens (tertiary/aromatic N) is 1. The summed E-state index contributed by atoms with van der Waals surface area (Å²) in [4.78, 5) is 4.37. The first-order chi connectivity index (χ1) is 9.72. The summed E-state index contributed by atoms with van der Waals surface area (Å²) in [5.74, 6) is 0.0913. The summed E-state index contributed by atoms with van der Waals surface area (Å²) in [7, 11) is -2.37. The Kier molecular flexibility index (Phi) is 3.52. The topological polar surface area (TPSA) is 58.5 Å².